The zero-order chi connectivity index (χ0) is 18.7. The fraction of sp³-hybridized carbons (Fsp3) is 0.421. The van der Waals surface area contributed by atoms with Gasteiger partial charge in [0, 0.05) is 19.8 Å². The van der Waals surface area contributed by atoms with Crippen LogP contribution in [0.5, 0.6) is 0 Å². The summed E-state index contributed by atoms with van der Waals surface area (Å²) < 4.78 is 4.73. The quantitative estimate of drug-likeness (QED) is 0.400. The highest BCUT2D eigenvalue weighted by Crippen LogP contribution is 2.07. The lowest BCUT2D eigenvalue weighted by Crippen LogP contribution is -2.52. The Morgan fingerprint density at radius 3 is 2.40 bits per heavy atom. The molecule has 0 heterocycles. The van der Waals surface area contributed by atoms with Crippen molar-refractivity contribution in [1.29, 1.82) is 0 Å². The molecule has 2 amide bonds. The van der Waals surface area contributed by atoms with E-state index in [0.717, 1.165) is 5.56 Å². The molecule has 25 heavy (non-hydrogen) atoms. The molecule has 0 aliphatic rings. The third-order valence-electron chi connectivity index (χ3n) is 3.59. The molecule has 0 radical (unpaired) electrons. The number of carbonyl (C=O) groups is 3. The van der Waals surface area contributed by atoms with Gasteiger partial charge in [0.25, 0.3) is 0 Å². The van der Waals surface area contributed by atoms with Crippen molar-refractivity contribution in [1.82, 2.24) is 10.6 Å². The first-order valence-corrected chi connectivity index (χ1v) is 8.10. The molecule has 1 rings (SSSR count). The second-order valence-electron chi connectivity index (χ2n) is 5.62. The van der Waals surface area contributed by atoms with Crippen LogP contribution >= 0.6 is 0 Å². The van der Waals surface area contributed by atoms with E-state index in [2.05, 4.69) is 16.6 Å². The molecule has 0 spiro atoms. The summed E-state index contributed by atoms with van der Waals surface area (Å²) in [6.07, 6.45) is 7.00. The highest BCUT2D eigenvalue weighted by Gasteiger charge is 2.26. The molecule has 1 aromatic rings. The molecule has 134 valence electrons. The standard InChI is InChI=1S/C19H24N2O4/c1-4-5-7-12-16(19(24)25-3)21-18(23)17(20-14(2)22)13-15-10-8-6-9-11-15/h1,6,8-11,16-17H,5,7,12-13H2,2-3H3,(H,20,22)(H,21,23)/t16-,17-/m1/s1. The van der Waals surface area contributed by atoms with Gasteiger partial charge in [-0.3, -0.25) is 9.59 Å². The average Bonchev–Trinajstić information content (AvgIpc) is 2.60. The Morgan fingerprint density at radius 2 is 1.84 bits per heavy atom. The number of rotatable bonds is 9. The summed E-state index contributed by atoms with van der Waals surface area (Å²) in [5.74, 6) is 1.20. The van der Waals surface area contributed by atoms with Gasteiger partial charge < -0.3 is 15.4 Å². The lowest BCUT2D eigenvalue weighted by Gasteiger charge is -2.22. The van der Waals surface area contributed by atoms with Gasteiger partial charge >= 0.3 is 5.97 Å². The van der Waals surface area contributed by atoms with Crippen LogP contribution in [0.2, 0.25) is 0 Å². The van der Waals surface area contributed by atoms with Gasteiger partial charge in [0.2, 0.25) is 11.8 Å². The predicted octanol–water partition coefficient (Wildman–Crippen LogP) is 1.20. The monoisotopic (exact) mass is 344 g/mol. The van der Waals surface area contributed by atoms with E-state index in [9.17, 15) is 14.4 Å². The molecule has 0 aliphatic carbocycles. The summed E-state index contributed by atoms with van der Waals surface area (Å²) in [6.45, 7) is 1.34. The third-order valence-corrected chi connectivity index (χ3v) is 3.59. The van der Waals surface area contributed by atoms with Crippen LogP contribution in [0.25, 0.3) is 0 Å². The molecule has 2 N–H and O–H groups in total. The van der Waals surface area contributed by atoms with Crippen LogP contribution in [0.1, 0.15) is 31.7 Å². The number of hydrogen-bond acceptors (Lipinski definition) is 4. The first-order chi connectivity index (χ1) is 12.0. The van der Waals surface area contributed by atoms with Gasteiger partial charge in [-0.1, -0.05) is 30.3 Å². The van der Waals surface area contributed by atoms with E-state index in [1.165, 1.54) is 14.0 Å². The first kappa shape index (κ1) is 20.2. The van der Waals surface area contributed by atoms with Crippen LogP contribution in [0.4, 0.5) is 0 Å². The molecule has 6 heteroatoms. The Morgan fingerprint density at radius 1 is 1.16 bits per heavy atom. The van der Waals surface area contributed by atoms with Gasteiger partial charge in [-0.05, 0) is 18.4 Å². The van der Waals surface area contributed by atoms with Crippen molar-refractivity contribution in [2.75, 3.05) is 7.11 Å². The minimum Gasteiger partial charge on any atom is -0.467 e. The van der Waals surface area contributed by atoms with E-state index in [1.807, 2.05) is 30.3 Å². The van der Waals surface area contributed by atoms with E-state index in [1.54, 1.807) is 0 Å². The van der Waals surface area contributed by atoms with Crippen molar-refractivity contribution in [3.8, 4) is 12.3 Å². The van der Waals surface area contributed by atoms with Crippen LogP contribution in [-0.2, 0) is 25.5 Å². The smallest absolute Gasteiger partial charge is 0.328 e. The molecule has 0 saturated carbocycles. The molecular formula is C19H24N2O4. The molecule has 0 aromatic heterocycles. The van der Waals surface area contributed by atoms with E-state index < -0.39 is 24.0 Å². The summed E-state index contributed by atoms with van der Waals surface area (Å²) in [4.78, 5) is 35.9. The van der Waals surface area contributed by atoms with E-state index in [-0.39, 0.29) is 5.91 Å². The van der Waals surface area contributed by atoms with Crippen molar-refractivity contribution >= 4 is 17.8 Å². The molecule has 2 atom stereocenters. The maximum atomic E-state index is 12.6. The normalized spacial score (nSPS) is 12.4. The molecule has 1 aromatic carbocycles. The van der Waals surface area contributed by atoms with Gasteiger partial charge in [-0.15, -0.1) is 12.3 Å². The van der Waals surface area contributed by atoms with E-state index in [0.29, 0.717) is 25.7 Å². The average molecular weight is 344 g/mol. The number of unbranched alkanes of at least 4 members (excludes halogenated alkanes) is 1. The molecule has 0 saturated heterocycles. The predicted molar refractivity (Wildman–Crippen MR) is 94.4 cm³/mol. The Labute approximate surface area is 148 Å². The number of carbonyl (C=O) groups excluding carboxylic acids is 3. The third kappa shape index (κ3) is 7.53. The maximum Gasteiger partial charge on any atom is 0.328 e. The van der Waals surface area contributed by atoms with Gasteiger partial charge in [-0.2, -0.15) is 0 Å². The Bertz CT molecular complexity index is 622. The largest absolute Gasteiger partial charge is 0.467 e. The number of hydrogen-bond donors (Lipinski definition) is 2. The lowest BCUT2D eigenvalue weighted by atomic mass is 10.0. The SMILES string of the molecule is C#CCCC[C@@H](NC(=O)[C@@H](Cc1ccccc1)NC(C)=O)C(=O)OC. The molecule has 0 unspecified atom stereocenters. The number of amides is 2. The van der Waals surface area contributed by atoms with Crippen molar-refractivity contribution in [2.24, 2.45) is 0 Å². The molecule has 6 nitrogen and oxygen atoms in total. The number of esters is 1. The Balaban J connectivity index is 2.81. The van der Waals surface area contributed by atoms with Crippen molar-refractivity contribution in [3.63, 3.8) is 0 Å². The summed E-state index contributed by atoms with van der Waals surface area (Å²) in [5.41, 5.74) is 0.901. The Hall–Kier alpha value is -2.81. The molecular weight excluding hydrogens is 320 g/mol. The molecule has 0 aliphatic heterocycles. The molecule has 0 fully saturated rings. The maximum absolute atomic E-state index is 12.6. The summed E-state index contributed by atoms with van der Waals surface area (Å²) in [6, 6.07) is 7.75. The highest BCUT2D eigenvalue weighted by atomic mass is 16.5. The number of benzene rings is 1. The fourth-order valence-corrected chi connectivity index (χ4v) is 2.38. The van der Waals surface area contributed by atoms with Gasteiger partial charge in [0.05, 0.1) is 7.11 Å². The van der Waals surface area contributed by atoms with Crippen molar-refractivity contribution in [2.45, 2.75) is 44.7 Å². The number of methoxy groups -OCH3 is 1. The van der Waals surface area contributed by atoms with E-state index >= 15 is 0 Å². The second kappa shape index (κ2) is 10.9. The number of ether oxygens (including phenoxy) is 1. The second-order valence-corrected chi connectivity index (χ2v) is 5.62. The van der Waals surface area contributed by atoms with E-state index in [4.69, 9.17) is 11.2 Å². The van der Waals surface area contributed by atoms with Crippen LogP contribution in [-0.4, -0.2) is 37.0 Å². The van der Waals surface area contributed by atoms with Gasteiger partial charge in [0.15, 0.2) is 0 Å². The number of nitrogens with one attached hydrogen (secondary N) is 2. The first-order valence-electron chi connectivity index (χ1n) is 8.10. The van der Waals surface area contributed by atoms with Crippen LogP contribution in [0, 0.1) is 12.3 Å². The summed E-state index contributed by atoms with van der Waals surface area (Å²) in [5, 5.41) is 5.28. The topological polar surface area (TPSA) is 84.5 Å². The van der Waals surface area contributed by atoms with Crippen LogP contribution in [0.15, 0.2) is 30.3 Å². The minimum absolute atomic E-state index is 0.321. The summed E-state index contributed by atoms with van der Waals surface area (Å²) >= 11 is 0. The van der Waals surface area contributed by atoms with Crippen molar-refractivity contribution < 1.29 is 19.1 Å². The Kier molecular flexibility index (Phi) is 8.80. The van der Waals surface area contributed by atoms with Crippen LogP contribution in [0.3, 0.4) is 0 Å². The summed E-state index contributed by atoms with van der Waals surface area (Å²) in [7, 11) is 1.26. The van der Waals surface area contributed by atoms with Crippen LogP contribution < -0.4 is 10.6 Å². The van der Waals surface area contributed by atoms with Gasteiger partial charge in [-0.25, -0.2) is 4.79 Å². The van der Waals surface area contributed by atoms with Gasteiger partial charge in [0.1, 0.15) is 12.1 Å². The number of terminal acetylenes is 1. The zero-order valence-electron chi connectivity index (χ0n) is 14.6. The minimum atomic E-state index is -0.794. The lowest BCUT2D eigenvalue weighted by molar-refractivity contribution is -0.145. The molecule has 0 bridgehead atoms. The highest BCUT2D eigenvalue weighted by molar-refractivity contribution is 5.90. The fourth-order valence-electron chi connectivity index (χ4n) is 2.38. The van der Waals surface area contributed by atoms with Crippen molar-refractivity contribution in [3.05, 3.63) is 35.9 Å². The zero-order valence-corrected chi connectivity index (χ0v) is 14.6.